The number of rotatable bonds is 6. The first-order valence-electron chi connectivity index (χ1n) is 11.0. The number of H-pyrrole nitrogens is 1. The molecular formula is C28H23N3O3. The van der Waals surface area contributed by atoms with E-state index in [9.17, 15) is 15.0 Å². The van der Waals surface area contributed by atoms with E-state index >= 15 is 0 Å². The minimum atomic E-state index is -0.161. The number of fused-ring (bicyclic) bond motifs is 1. The quantitative estimate of drug-likeness (QED) is 0.349. The highest BCUT2D eigenvalue weighted by Gasteiger charge is 2.19. The predicted octanol–water partition coefficient (Wildman–Crippen LogP) is 4.76. The minimum absolute atomic E-state index is 0.161. The van der Waals surface area contributed by atoms with E-state index in [1.54, 1.807) is 47.2 Å². The van der Waals surface area contributed by atoms with E-state index in [1.165, 1.54) is 0 Å². The van der Waals surface area contributed by atoms with Crippen LogP contribution in [0.2, 0.25) is 0 Å². The van der Waals surface area contributed by atoms with E-state index in [2.05, 4.69) is 4.98 Å². The highest BCUT2D eigenvalue weighted by Crippen LogP contribution is 2.20. The van der Waals surface area contributed by atoms with E-state index in [1.807, 2.05) is 54.6 Å². The predicted molar refractivity (Wildman–Crippen MR) is 133 cm³/mol. The van der Waals surface area contributed by atoms with Crippen LogP contribution >= 0.6 is 0 Å². The Morgan fingerprint density at radius 1 is 0.794 bits per heavy atom. The van der Waals surface area contributed by atoms with Gasteiger partial charge in [0.1, 0.15) is 17.2 Å². The number of aromatic amines is 1. The highest BCUT2D eigenvalue weighted by molar-refractivity contribution is 5.68. The first-order valence-corrected chi connectivity index (χ1v) is 11.0. The molecule has 0 saturated carbocycles. The molecule has 3 aromatic rings. The van der Waals surface area contributed by atoms with Crippen LogP contribution in [-0.2, 0) is 12.8 Å². The normalized spacial score (nSPS) is 11.4. The van der Waals surface area contributed by atoms with Gasteiger partial charge in [-0.1, -0.05) is 60.7 Å². The van der Waals surface area contributed by atoms with Gasteiger partial charge in [-0.3, -0.25) is 9.36 Å². The van der Waals surface area contributed by atoms with Crippen LogP contribution in [0.15, 0.2) is 89.9 Å². The zero-order valence-electron chi connectivity index (χ0n) is 18.3. The standard InChI is InChI=1S/C28H23N3O3/c32-23-12-7-19(8-13-23)6-11-22-18-31-27(25(29-22)16-20-4-2-1-3-5-20)30-26(28(31)34)17-21-9-14-24(33)15-10-21/h1-15,18,29,32-33H,16-17H2/b11-6+. The van der Waals surface area contributed by atoms with Gasteiger partial charge < -0.3 is 15.2 Å². The Bertz CT molecular complexity index is 1460. The first-order chi connectivity index (χ1) is 16.5. The summed E-state index contributed by atoms with van der Waals surface area (Å²) in [6, 6.07) is 23.7. The third-order valence-electron chi connectivity index (χ3n) is 5.65. The summed E-state index contributed by atoms with van der Waals surface area (Å²) >= 11 is 0. The summed E-state index contributed by atoms with van der Waals surface area (Å²) in [5.74, 6) is 1.00. The lowest BCUT2D eigenvalue weighted by Crippen LogP contribution is -2.18. The number of nitrogens with one attached hydrogen (secondary N) is 1. The molecule has 6 heteroatoms. The molecule has 5 rings (SSSR count). The first kappa shape index (κ1) is 21.3. The molecule has 0 fully saturated rings. The monoisotopic (exact) mass is 449 g/mol. The SMILES string of the molecule is O=c1c(Cc2ccc(O)cc2)nc2c(Cc3ccccc3)[nH]c(/C=C/c3ccc(O)cc3)cn1-2. The summed E-state index contributed by atoms with van der Waals surface area (Å²) in [5.41, 5.74) is 4.83. The van der Waals surface area contributed by atoms with Crippen molar-refractivity contribution in [3.8, 4) is 17.3 Å². The molecule has 0 unspecified atom stereocenters. The maximum absolute atomic E-state index is 13.3. The fourth-order valence-electron chi connectivity index (χ4n) is 3.90. The molecule has 0 aliphatic carbocycles. The fraction of sp³-hybridized carbons (Fsp3) is 0.0714. The van der Waals surface area contributed by atoms with Crippen LogP contribution in [0.5, 0.6) is 11.5 Å². The molecule has 34 heavy (non-hydrogen) atoms. The van der Waals surface area contributed by atoms with Crippen molar-refractivity contribution in [3.63, 3.8) is 0 Å². The van der Waals surface area contributed by atoms with Crippen LogP contribution in [0.25, 0.3) is 18.0 Å². The topological polar surface area (TPSA) is 91.1 Å². The van der Waals surface area contributed by atoms with Gasteiger partial charge in [0.2, 0.25) is 0 Å². The molecule has 2 heterocycles. The summed E-state index contributed by atoms with van der Waals surface area (Å²) in [6.45, 7) is 0. The average molecular weight is 450 g/mol. The zero-order valence-corrected chi connectivity index (χ0v) is 18.3. The van der Waals surface area contributed by atoms with E-state index < -0.39 is 0 Å². The van der Waals surface area contributed by atoms with Gasteiger partial charge in [-0.25, -0.2) is 4.98 Å². The molecule has 0 saturated heterocycles. The molecule has 0 atom stereocenters. The van der Waals surface area contributed by atoms with Crippen LogP contribution in [0.1, 0.15) is 33.8 Å². The smallest absolute Gasteiger partial charge is 0.278 e. The lowest BCUT2D eigenvalue weighted by atomic mass is 10.1. The average Bonchev–Trinajstić information content (AvgIpc) is 3.16. The van der Waals surface area contributed by atoms with Gasteiger partial charge in [0, 0.05) is 19.0 Å². The van der Waals surface area contributed by atoms with Crippen LogP contribution in [0, 0.1) is 0 Å². The van der Waals surface area contributed by atoms with Gasteiger partial charge in [0.05, 0.1) is 11.4 Å². The van der Waals surface area contributed by atoms with Crippen molar-refractivity contribution < 1.29 is 10.2 Å². The van der Waals surface area contributed by atoms with Crippen molar-refractivity contribution in [1.29, 1.82) is 0 Å². The second-order valence-electron chi connectivity index (χ2n) is 8.18. The van der Waals surface area contributed by atoms with E-state index in [-0.39, 0.29) is 17.1 Å². The second kappa shape index (κ2) is 9.11. The highest BCUT2D eigenvalue weighted by atomic mass is 16.3. The molecule has 2 aliphatic heterocycles. The van der Waals surface area contributed by atoms with Crippen molar-refractivity contribution in [2.75, 3.05) is 0 Å². The van der Waals surface area contributed by atoms with Crippen LogP contribution < -0.4 is 5.56 Å². The maximum atomic E-state index is 13.3. The molecule has 168 valence electrons. The number of aromatic nitrogens is 3. The van der Waals surface area contributed by atoms with Gasteiger partial charge in [0.25, 0.3) is 5.56 Å². The van der Waals surface area contributed by atoms with Gasteiger partial charge in [0.15, 0.2) is 5.82 Å². The summed E-state index contributed by atoms with van der Waals surface area (Å²) in [5, 5.41) is 19.0. The Kier molecular flexibility index (Phi) is 5.70. The molecule has 0 radical (unpaired) electrons. The van der Waals surface area contributed by atoms with Gasteiger partial charge >= 0.3 is 0 Å². The number of hydrogen-bond acceptors (Lipinski definition) is 4. The van der Waals surface area contributed by atoms with Crippen molar-refractivity contribution in [3.05, 3.63) is 129 Å². The summed E-state index contributed by atoms with van der Waals surface area (Å²) < 4.78 is 1.60. The second-order valence-corrected chi connectivity index (χ2v) is 8.18. The Morgan fingerprint density at radius 3 is 2.15 bits per heavy atom. The Balaban J connectivity index is 1.56. The van der Waals surface area contributed by atoms with Crippen LogP contribution in [0.3, 0.4) is 0 Å². The molecule has 3 N–H and O–H groups in total. The molecular weight excluding hydrogens is 426 g/mol. The Hall–Kier alpha value is -4.58. The van der Waals surface area contributed by atoms with Gasteiger partial charge in [-0.05, 0) is 47.0 Å². The summed E-state index contributed by atoms with van der Waals surface area (Å²) in [6.07, 6.45) is 6.56. The number of hydrogen-bond donors (Lipinski definition) is 3. The number of imidazole rings is 1. The third-order valence-corrected chi connectivity index (χ3v) is 5.65. The lowest BCUT2D eigenvalue weighted by Gasteiger charge is -2.11. The van der Waals surface area contributed by atoms with Crippen molar-refractivity contribution >= 4 is 12.2 Å². The minimum Gasteiger partial charge on any atom is -0.508 e. The number of phenolic OH excluding ortho intramolecular Hbond substituents is 2. The number of benzene rings is 3. The van der Waals surface area contributed by atoms with E-state index in [0.29, 0.717) is 24.4 Å². The molecule has 2 aliphatic rings. The van der Waals surface area contributed by atoms with Crippen LogP contribution in [0.4, 0.5) is 0 Å². The Labute approximate surface area is 196 Å². The van der Waals surface area contributed by atoms with Crippen molar-refractivity contribution in [2.45, 2.75) is 12.8 Å². The molecule has 0 aromatic heterocycles. The largest absolute Gasteiger partial charge is 0.508 e. The van der Waals surface area contributed by atoms with Crippen molar-refractivity contribution in [2.24, 2.45) is 0 Å². The molecule has 6 nitrogen and oxygen atoms in total. The molecule has 0 amide bonds. The number of nitrogens with zero attached hydrogens (tertiary/aromatic N) is 2. The number of phenols is 2. The zero-order chi connectivity index (χ0) is 23.5. The van der Waals surface area contributed by atoms with Gasteiger partial charge in [-0.2, -0.15) is 0 Å². The Morgan fingerprint density at radius 2 is 1.44 bits per heavy atom. The third kappa shape index (κ3) is 4.61. The molecule has 3 aromatic carbocycles. The van der Waals surface area contributed by atoms with Gasteiger partial charge in [-0.15, -0.1) is 0 Å². The van der Waals surface area contributed by atoms with Crippen molar-refractivity contribution in [1.82, 2.24) is 14.5 Å². The fourth-order valence-corrected chi connectivity index (χ4v) is 3.90. The van der Waals surface area contributed by atoms with E-state index in [0.717, 1.165) is 28.1 Å². The molecule has 0 spiro atoms. The maximum Gasteiger partial charge on any atom is 0.278 e. The molecule has 0 bridgehead atoms. The van der Waals surface area contributed by atoms with Crippen LogP contribution in [-0.4, -0.2) is 24.7 Å². The number of aromatic hydroxyl groups is 2. The summed E-state index contributed by atoms with van der Waals surface area (Å²) in [4.78, 5) is 21.4. The lowest BCUT2D eigenvalue weighted by molar-refractivity contribution is 0.474. The van der Waals surface area contributed by atoms with E-state index in [4.69, 9.17) is 4.98 Å². The summed E-state index contributed by atoms with van der Waals surface area (Å²) in [7, 11) is 0.